The summed E-state index contributed by atoms with van der Waals surface area (Å²) in [6, 6.07) is 9.17. The number of aryl methyl sites for hydroxylation is 1. The van der Waals surface area contributed by atoms with Gasteiger partial charge in [-0.15, -0.1) is 0 Å². The summed E-state index contributed by atoms with van der Waals surface area (Å²) in [5, 5.41) is 0. The Labute approximate surface area is 116 Å². The van der Waals surface area contributed by atoms with Crippen molar-refractivity contribution < 1.29 is 4.39 Å². The van der Waals surface area contributed by atoms with Gasteiger partial charge in [0.2, 0.25) is 5.95 Å². The van der Waals surface area contributed by atoms with E-state index in [2.05, 4.69) is 15.0 Å². The Morgan fingerprint density at radius 3 is 2.05 bits per heavy atom. The highest BCUT2D eigenvalue weighted by Gasteiger charge is 2.12. The lowest BCUT2D eigenvalue weighted by atomic mass is 10.0. The zero-order chi connectivity index (χ0) is 13.9. The first-order chi connectivity index (χ1) is 9.75. The van der Waals surface area contributed by atoms with Crippen molar-refractivity contribution in [1.82, 2.24) is 15.0 Å². The number of pyridine rings is 3. The fourth-order valence-electron chi connectivity index (χ4n) is 2.11. The molecule has 0 unspecified atom stereocenters. The van der Waals surface area contributed by atoms with Crippen molar-refractivity contribution in [2.45, 2.75) is 6.92 Å². The largest absolute Gasteiger partial charge is 0.264 e. The van der Waals surface area contributed by atoms with Crippen molar-refractivity contribution in [1.29, 1.82) is 0 Å². The second-order valence-corrected chi connectivity index (χ2v) is 4.44. The average molecular weight is 265 g/mol. The lowest BCUT2D eigenvalue weighted by Gasteiger charge is -2.09. The van der Waals surface area contributed by atoms with Crippen LogP contribution in [0, 0.1) is 12.9 Å². The van der Waals surface area contributed by atoms with Crippen LogP contribution < -0.4 is 0 Å². The molecule has 0 spiro atoms. The molecule has 0 aliphatic heterocycles. The van der Waals surface area contributed by atoms with Gasteiger partial charge in [0.25, 0.3) is 0 Å². The molecule has 3 heterocycles. The molecule has 4 heteroatoms. The molecule has 20 heavy (non-hydrogen) atoms. The Balaban J connectivity index is 2.19. The quantitative estimate of drug-likeness (QED) is 0.664. The van der Waals surface area contributed by atoms with Crippen molar-refractivity contribution in [2.75, 3.05) is 0 Å². The summed E-state index contributed by atoms with van der Waals surface area (Å²) in [6.45, 7) is 1.79. The molecule has 0 saturated heterocycles. The Hall–Kier alpha value is -2.62. The number of rotatable bonds is 2. The van der Waals surface area contributed by atoms with Gasteiger partial charge >= 0.3 is 0 Å². The summed E-state index contributed by atoms with van der Waals surface area (Å²) >= 11 is 0. The molecule has 0 atom stereocenters. The van der Waals surface area contributed by atoms with E-state index in [4.69, 9.17) is 0 Å². The van der Waals surface area contributed by atoms with Crippen LogP contribution >= 0.6 is 0 Å². The third-order valence-electron chi connectivity index (χ3n) is 3.11. The van der Waals surface area contributed by atoms with Crippen LogP contribution in [0.5, 0.6) is 0 Å². The molecule has 0 bridgehead atoms. The van der Waals surface area contributed by atoms with Crippen LogP contribution in [0.3, 0.4) is 0 Å². The van der Waals surface area contributed by atoms with Crippen molar-refractivity contribution in [3.8, 4) is 22.3 Å². The number of halogens is 1. The Morgan fingerprint density at radius 1 is 0.900 bits per heavy atom. The van der Waals surface area contributed by atoms with Crippen LogP contribution in [0.4, 0.5) is 4.39 Å². The van der Waals surface area contributed by atoms with Crippen molar-refractivity contribution in [3.05, 3.63) is 66.8 Å². The van der Waals surface area contributed by atoms with Gasteiger partial charge in [-0.25, -0.2) is 4.98 Å². The van der Waals surface area contributed by atoms with E-state index in [1.54, 1.807) is 43.8 Å². The number of aromatic nitrogens is 3. The van der Waals surface area contributed by atoms with Crippen molar-refractivity contribution in [3.63, 3.8) is 0 Å². The highest BCUT2D eigenvalue weighted by atomic mass is 19.1. The van der Waals surface area contributed by atoms with Gasteiger partial charge in [-0.3, -0.25) is 9.97 Å². The lowest BCUT2D eigenvalue weighted by molar-refractivity contribution is 0.584. The predicted molar refractivity (Wildman–Crippen MR) is 75.4 cm³/mol. The molecule has 0 radical (unpaired) electrons. The molecule has 0 amide bonds. The maximum absolute atomic E-state index is 14.1. The fraction of sp³-hybridized carbons (Fsp3) is 0.0625. The van der Waals surface area contributed by atoms with Gasteiger partial charge in [0.15, 0.2) is 0 Å². The molecule has 0 fully saturated rings. The molecule has 0 aliphatic rings. The maximum Gasteiger partial charge on any atom is 0.221 e. The standard InChI is InChI=1S/C16H12FN3/c1-11-14(12-4-2-6-18-9-12)8-15(16(17)20-11)13-5-3-7-19-10-13/h2-10H,1H3. The Morgan fingerprint density at radius 2 is 1.50 bits per heavy atom. The molecule has 3 rings (SSSR count). The smallest absolute Gasteiger partial charge is 0.221 e. The van der Waals surface area contributed by atoms with Gasteiger partial charge < -0.3 is 0 Å². The molecule has 3 aromatic rings. The zero-order valence-electron chi connectivity index (χ0n) is 10.9. The van der Waals surface area contributed by atoms with E-state index in [0.29, 0.717) is 16.8 Å². The van der Waals surface area contributed by atoms with E-state index in [9.17, 15) is 4.39 Å². The minimum atomic E-state index is -0.483. The Kier molecular flexibility index (Phi) is 3.21. The molecule has 0 saturated carbocycles. The highest BCUT2D eigenvalue weighted by Crippen LogP contribution is 2.29. The van der Waals surface area contributed by atoms with Crippen LogP contribution in [0.2, 0.25) is 0 Å². The predicted octanol–water partition coefficient (Wildman–Crippen LogP) is 3.65. The van der Waals surface area contributed by atoms with Gasteiger partial charge in [0.1, 0.15) is 0 Å². The second-order valence-electron chi connectivity index (χ2n) is 4.44. The van der Waals surface area contributed by atoms with Crippen LogP contribution in [-0.2, 0) is 0 Å². The highest BCUT2D eigenvalue weighted by molar-refractivity contribution is 5.73. The van der Waals surface area contributed by atoms with Gasteiger partial charge in [-0.2, -0.15) is 4.39 Å². The lowest BCUT2D eigenvalue weighted by Crippen LogP contribution is -1.96. The first kappa shape index (κ1) is 12.4. The van der Waals surface area contributed by atoms with Crippen molar-refractivity contribution >= 4 is 0 Å². The molecule has 98 valence electrons. The number of hydrogen-bond donors (Lipinski definition) is 0. The van der Waals surface area contributed by atoms with Crippen molar-refractivity contribution in [2.24, 2.45) is 0 Å². The summed E-state index contributed by atoms with van der Waals surface area (Å²) in [5.41, 5.74) is 3.59. The average Bonchev–Trinajstić information content (AvgIpc) is 2.49. The fourth-order valence-corrected chi connectivity index (χ4v) is 2.11. The first-order valence-electron chi connectivity index (χ1n) is 6.23. The summed E-state index contributed by atoms with van der Waals surface area (Å²) in [4.78, 5) is 12.1. The minimum Gasteiger partial charge on any atom is -0.264 e. The third kappa shape index (κ3) is 2.28. The normalized spacial score (nSPS) is 10.5. The molecule has 0 aliphatic carbocycles. The molecule has 0 N–H and O–H groups in total. The number of hydrogen-bond acceptors (Lipinski definition) is 3. The topological polar surface area (TPSA) is 38.7 Å². The van der Waals surface area contributed by atoms with Crippen LogP contribution in [-0.4, -0.2) is 15.0 Å². The van der Waals surface area contributed by atoms with E-state index in [0.717, 1.165) is 11.1 Å². The third-order valence-corrected chi connectivity index (χ3v) is 3.11. The van der Waals surface area contributed by atoms with Crippen LogP contribution in [0.25, 0.3) is 22.3 Å². The summed E-state index contributed by atoms with van der Waals surface area (Å²) in [7, 11) is 0. The SMILES string of the molecule is Cc1nc(F)c(-c2cccnc2)cc1-c1cccnc1. The molecule has 3 aromatic heterocycles. The van der Waals surface area contributed by atoms with Gasteiger partial charge in [-0.1, -0.05) is 12.1 Å². The van der Waals surface area contributed by atoms with Gasteiger partial charge in [0, 0.05) is 52.7 Å². The first-order valence-corrected chi connectivity index (χ1v) is 6.23. The van der Waals surface area contributed by atoms with E-state index >= 15 is 0 Å². The van der Waals surface area contributed by atoms with Gasteiger partial charge in [-0.05, 0) is 25.1 Å². The summed E-state index contributed by atoms with van der Waals surface area (Å²) in [5.74, 6) is -0.483. The maximum atomic E-state index is 14.1. The van der Waals surface area contributed by atoms with E-state index < -0.39 is 5.95 Å². The molecule has 3 nitrogen and oxygen atoms in total. The molecule has 0 aromatic carbocycles. The molecular formula is C16H12FN3. The Bertz CT molecular complexity index is 667. The second kappa shape index (κ2) is 5.17. The zero-order valence-corrected chi connectivity index (χ0v) is 10.9. The van der Waals surface area contributed by atoms with Crippen LogP contribution in [0.1, 0.15) is 5.69 Å². The van der Waals surface area contributed by atoms with E-state index in [-0.39, 0.29) is 0 Å². The van der Waals surface area contributed by atoms with E-state index in [1.165, 1.54) is 0 Å². The summed E-state index contributed by atoms with van der Waals surface area (Å²) in [6.07, 6.45) is 6.74. The number of nitrogens with zero attached hydrogens (tertiary/aromatic N) is 3. The summed E-state index contributed by atoms with van der Waals surface area (Å²) < 4.78 is 14.1. The van der Waals surface area contributed by atoms with E-state index in [1.807, 2.05) is 18.2 Å². The van der Waals surface area contributed by atoms with Crippen LogP contribution in [0.15, 0.2) is 55.1 Å². The monoisotopic (exact) mass is 265 g/mol. The molecular weight excluding hydrogens is 253 g/mol. The van der Waals surface area contributed by atoms with Gasteiger partial charge in [0.05, 0.1) is 0 Å². The minimum absolute atomic E-state index is 0.447.